The summed E-state index contributed by atoms with van der Waals surface area (Å²) >= 11 is 0. The Hall–Kier alpha value is -2.80. The fourth-order valence-electron chi connectivity index (χ4n) is 4.25. The summed E-state index contributed by atoms with van der Waals surface area (Å²) in [4.78, 5) is 22.3. The molecule has 2 aromatic rings. The van der Waals surface area contributed by atoms with E-state index in [-0.39, 0.29) is 40.5 Å². The number of likely N-dealkylation sites (N-methyl/N-ethyl adjacent to an activating group) is 1. The molecule has 37 heavy (non-hydrogen) atoms. The van der Waals surface area contributed by atoms with Crippen LogP contribution in [0.5, 0.6) is 5.75 Å². The molecule has 2 heterocycles. The number of ether oxygens (including phenoxy) is 1. The first-order valence-corrected chi connectivity index (χ1v) is 14.1. The number of nitrogens with zero attached hydrogens (tertiary/aromatic N) is 3. The van der Waals surface area contributed by atoms with E-state index in [0.29, 0.717) is 37.4 Å². The Morgan fingerprint density at radius 1 is 1.32 bits per heavy atom. The number of hydrogen-bond donors (Lipinski definition) is 4. The second kappa shape index (κ2) is 12.6. The Morgan fingerprint density at radius 2 is 2.05 bits per heavy atom. The molecule has 1 fully saturated rings. The molecule has 0 aliphatic carbocycles. The van der Waals surface area contributed by atoms with Crippen LogP contribution in [-0.2, 0) is 10.0 Å². The van der Waals surface area contributed by atoms with Gasteiger partial charge in [-0.15, -0.1) is 0 Å². The fraction of sp³-hybridized carbons (Fsp3) is 0.560. The van der Waals surface area contributed by atoms with Gasteiger partial charge in [0.2, 0.25) is 10.0 Å². The normalized spacial score (nSPS) is 14.5. The maximum atomic E-state index is 13.4. The number of benzene rings is 1. The van der Waals surface area contributed by atoms with Gasteiger partial charge in [-0.3, -0.25) is 4.79 Å². The number of H-pyrrole nitrogens is 1. The molecule has 0 saturated carbocycles. The molecule has 1 saturated heterocycles. The van der Waals surface area contributed by atoms with E-state index in [1.165, 1.54) is 16.4 Å². The predicted molar refractivity (Wildman–Crippen MR) is 144 cm³/mol. The number of aliphatic hydroxyl groups excluding tert-OH is 1. The van der Waals surface area contributed by atoms with E-state index in [0.717, 1.165) is 25.8 Å². The van der Waals surface area contributed by atoms with Crippen LogP contribution < -0.4 is 15.6 Å². The zero-order valence-electron chi connectivity index (χ0n) is 22.0. The fourth-order valence-corrected chi connectivity index (χ4v) is 5.79. The minimum absolute atomic E-state index is 0.0814. The van der Waals surface area contributed by atoms with E-state index < -0.39 is 15.6 Å². The zero-order chi connectivity index (χ0) is 27.2. The van der Waals surface area contributed by atoms with Crippen LogP contribution in [-0.4, -0.2) is 91.4 Å². The third-order valence-corrected chi connectivity index (χ3v) is 8.30. The highest BCUT2D eigenvalue weighted by molar-refractivity contribution is 7.89. The number of unbranched alkanes of at least 4 members (excludes halogenated alkanes) is 1. The first-order valence-electron chi connectivity index (χ1n) is 12.7. The van der Waals surface area contributed by atoms with Crippen LogP contribution in [0.15, 0.2) is 27.9 Å². The molecule has 1 aromatic heterocycles. The number of aromatic nitrogens is 2. The molecule has 0 atom stereocenters. The Kier molecular flexibility index (Phi) is 9.82. The lowest BCUT2D eigenvalue weighted by Gasteiger charge is -2.43. The highest BCUT2D eigenvalue weighted by Crippen LogP contribution is 2.33. The largest absolute Gasteiger partial charge is 0.493 e. The lowest BCUT2D eigenvalue weighted by Crippen LogP contribution is -2.60. The van der Waals surface area contributed by atoms with Crippen LogP contribution in [0, 0.1) is 5.41 Å². The van der Waals surface area contributed by atoms with Gasteiger partial charge in [0, 0.05) is 32.8 Å². The molecular weight excluding hydrogens is 496 g/mol. The van der Waals surface area contributed by atoms with Gasteiger partial charge in [0.15, 0.2) is 0 Å². The molecule has 1 aromatic carbocycles. The smallest absolute Gasteiger partial charge is 0.275 e. The van der Waals surface area contributed by atoms with Crippen LogP contribution in [0.2, 0.25) is 0 Å². The van der Waals surface area contributed by atoms with Crippen molar-refractivity contribution < 1.29 is 18.3 Å². The van der Waals surface area contributed by atoms with Gasteiger partial charge in [0.25, 0.3) is 5.56 Å². The van der Waals surface area contributed by atoms with E-state index >= 15 is 0 Å². The van der Waals surface area contributed by atoms with Crippen molar-refractivity contribution in [3.05, 3.63) is 34.2 Å². The van der Waals surface area contributed by atoms with Crippen molar-refractivity contribution in [3.8, 4) is 17.1 Å². The Morgan fingerprint density at radius 3 is 2.68 bits per heavy atom. The van der Waals surface area contributed by atoms with Crippen LogP contribution in [0.1, 0.15) is 45.2 Å². The Labute approximate surface area is 218 Å². The highest BCUT2D eigenvalue weighted by atomic mass is 32.2. The molecular formula is C25H38N6O5S. The summed E-state index contributed by atoms with van der Waals surface area (Å²) < 4.78 is 34.0. The van der Waals surface area contributed by atoms with Gasteiger partial charge >= 0.3 is 0 Å². The third kappa shape index (κ3) is 6.38. The van der Waals surface area contributed by atoms with E-state index in [1.54, 1.807) is 13.1 Å². The van der Waals surface area contributed by atoms with Gasteiger partial charge in [0.05, 0.1) is 22.8 Å². The maximum absolute atomic E-state index is 13.4. The first-order chi connectivity index (χ1) is 17.7. The van der Waals surface area contributed by atoms with Crippen molar-refractivity contribution in [1.29, 1.82) is 5.41 Å². The molecule has 3 rings (SSSR count). The molecule has 0 radical (unpaired) electrons. The quantitative estimate of drug-likeness (QED) is 0.212. The number of nitrogens with one attached hydrogen (secondary N) is 3. The minimum Gasteiger partial charge on any atom is -0.493 e. The van der Waals surface area contributed by atoms with Crippen molar-refractivity contribution in [2.45, 2.75) is 50.5 Å². The lowest BCUT2D eigenvalue weighted by atomic mass is 10.1. The Bertz CT molecular complexity index is 1260. The van der Waals surface area contributed by atoms with Crippen molar-refractivity contribution in [2.75, 3.05) is 52.3 Å². The van der Waals surface area contributed by atoms with Gasteiger partial charge in [-0.1, -0.05) is 13.3 Å². The van der Waals surface area contributed by atoms with Crippen molar-refractivity contribution in [3.63, 3.8) is 0 Å². The lowest BCUT2D eigenvalue weighted by molar-refractivity contribution is 0.108. The first kappa shape index (κ1) is 28.8. The summed E-state index contributed by atoms with van der Waals surface area (Å²) in [6, 6.07) is 4.67. The summed E-state index contributed by atoms with van der Waals surface area (Å²) in [6.45, 7) is 5.80. The number of aliphatic hydroxyl groups is 1. The van der Waals surface area contributed by atoms with Gasteiger partial charge in [-0.25, -0.2) is 13.4 Å². The molecule has 204 valence electrons. The molecule has 4 N–H and O–H groups in total. The second-order valence-corrected chi connectivity index (χ2v) is 11.0. The zero-order valence-corrected chi connectivity index (χ0v) is 22.8. The van der Waals surface area contributed by atoms with E-state index in [2.05, 4.69) is 20.2 Å². The molecule has 0 bridgehead atoms. The SMILES string of the molecule is CCCC(=N)c1nc(-c2cc(S(=O)(=O)N3CC(N(C)CCCCO)C3)ccc2OCC)[nH]c(=O)c1NC. The molecule has 12 heteroatoms. The van der Waals surface area contributed by atoms with Crippen LogP contribution in [0.4, 0.5) is 5.69 Å². The van der Waals surface area contributed by atoms with Gasteiger partial charge in [-0.05, 0) is 58.0 Å². The van der Waals surface area contributed by atoms with Crippen LogP contribution >= 0.6 is 0 Å². The minimum atomic E-state index is -3.78. The molecule has 1 aliphatic heterocycles. The summed E-state index contributed by atoms with van der Waals surface area (Å²) in [6.07, 6.45) is 2.74. The van der Waals surface area contributed by atoms with Crippen LogP contribution in [0.25, 0.3) is 11.4 Å². The number of rotatable bonds is 14. The number of aromatic amines is 1. The second-order valence-electron chi connectivity index (χ2n) is 9.09. The number of sulfonamides is 1. The molecule has 1 aliphatic rings. The Balaban J connectivity index is 1.95. The summed E-state index contributed by atoms with van der Waals surface area (Å²) in [5.41, 5.74) is 0.531. The van der Waals surface area contributed by atoms with Gasteiger partial charge in [0.1, 0.15) is 23.0 Å². The van der Waals surface area contributed by atoms with Crippen molar-refractivity contribution in [1.82, 2.24) is 19.2 Å². The maximum Gasteiger partial charge on any atom is 0.275 e. The average Bonchev–Trinajstić information content (AvgIpc) is 2.83. The van der Waals surface area contributed by atoms with E-state index in [9.17, 15) is 13.2 Å². The van der Waals surface area contributed by atoms with Crippen molar-refractivity contribution >= 4 is 21.4 Å². The van der Waals surface area contributed by atoms with Crippen molar-refractivity contribution in [2.24, 2.45) is 0 Å². The molecule has 0 amide bonds. The summed E-state index contributed by atoms with van der Waals surface area (Å²) in [7, 11) is -0.218. The number of hydrogen-bond acceptors (Lipinski definition) is 9. The average molecular weight is 535 g/mol. The molecule has 0 unspecified atom stereocenters. The molecule has 0 spiro atoms. The van der Waals surface area contributed by atoms with Gasteiger partial charge < -0.3 is 30.5 Å². The standard InChI is InChI=1S/C25H38N6O5S/c1-5-9-20(26)22-23(27-3)25(33)29-24(28-22)19-14-18(10-11-21(19)36-6-2)37(34,35)31-15-17(16-31)30(4)12-7-8-13-32/h10-11,14,17,26-27,32H,5-9,12-13,15-16H2,1-4H3,(H,28,29,33). The highest BCUT2D eigenvalue weighted by Gasteiger charge is 2.38. The topological polar surface area (TPSA) is 152 Å². The molecule has 11 nitrogen and oxygen atoms in total. The predicted octanol–water partition coefficient (Wildman–Crippen LogP) is 2.12. The van der Waals surface area contributed by atoms with Crippen LogP contribution in [0.3, 0.4) is 0 Å². The summed E-state index contributed by atoms with van der Waals surface area (Å²) in [5.74, 6) is 0.533. The summed E-state index contributed by atoms with van der Waals surface area (Å²) in [5, 5.41) is 20.2. The van der Waals surface area contributed by atoms with E-state index in [4.69, 9.17) is 15.3 Å². The van der Waals surface area contributed by atoms with Gasteiger partial charge in [-0.2, -0.15) is 4.31 Å². The number of anilines is 1. The third-order valence-electron chi connectivity index (χ3n) is 6.47. The monoisotopic (exact) mass is 534 g/mol. The van der Waals surface area contributed by atoms with E-state index in [1.807, 2.05) is 20.9 Å².